The van der Waals surface area contributed by atoms with Gasteiger partial charge in [-0.15, -0.1) is 0 Å². The zero-order valence-corrected chi connectivity index (χ0v) is 21.4. The lowest BCUT2D eigenvalue weighted by Gasteiger charge is -2.21. The molecule has 11 heteroatoms. The van der Waals surface area contributed by atoms with Crippen LogP contribution in [0.15, 0.2) is 46.9 Å². The van der Waals surface area contributed by atoms with E-state index in [0.29, 0.717) is 45.8 Å². The number of nitrogens with zero attached hydrogens (tertiary/aromatic N) is 3. The van der Waals surface area contributed by atoms with Crippen molar-refractivity contribution in [1.29, 1.82) is 0 Å². The third-order valence-corrected chi connectivity index (χ3v) is 6.50. The molecule has 1 aliphatic heterocycles. The van der Waals surface area contributed by atoms with Crippen LogP contribution in [-0.4, -0.2) is 35.3 Å². The average Bonchev–Trinajstić information content (AvgIpc) is 3.35. The number of ether oxygens (including phenoxy) is 1. The van der Waals surface area contributed by atoms with Crippen LogP contribution in [0.5, 0.6) is 0 Å². The predicted octanol–water partition coefficient (Wildman–Crippen LogP) is 5.27. The van der Waals surface area contributed by atoms with E-state index in [4.69, 9.17) is 4.74 Å². The van der Waals surface area contributed by atoms with Gasteiger partial charge in [-0.05, 0) is 55.3 Å². The largest absolute Gasteiger partial charge is 0.465 e. The van der Waals surface area contributed by atoms with Gasteiger partial charge in [0.15, 0.2) is 0 Å². The Bertz CT molecular complexity index is 1310. The Morgan fingerprint density at radius 3 is 2.50 bits per heavy atom. The zero-order valence-electron chi connectivity index (χ0n) is 19.8. The van der Waals surface area contributed by atoms with Crippen molar-refractivity contribution in [2.45, 2.75) is 39.2 Å². The number of carbonyl (C=O) groups is 2. The summed E-state index contributed by atoms with van der Waals surface area (Å²) in [5.41, 5.74) is 1.85. The van der Waals surface area contributed by atoms with Crippen LogP contribution >= 0.6 is 15.9 Å². The lowest BCUT2D eigenvalue weighted by molar-refractivity contribution is -0.137. The molecule has 1 atom stereocenters. The van der Waals surface area contributed by atoms with Gasteiger partial charge in [-0.25, -0.2) is 9.48 Å². The van der Waals surface area contributed by atoms with Gasteiger partial charge in [-0.3, -0.25) is 4.79 Å². The first-order chi connectivity index (χ1) is 17.0. The van der Waals surface area contributed by atoms with E-state index in [1.165, 1.54) is 7.11 Å². The Hall–Kier alpha value is -3.34. The number of carbonyl (C=O) groups excluding carboxylic acids is 2. The molecule has 2 aromatic carbocycles. The van der Waals surface area contributed by atoms with Gasteiger partial charge >= 0.3 is 12.1 Å². The van der Waals surface area contributed by atoms with E-state index in [-0.39, 0.29) is 18.5 Å². The van der Waals surface area contributed by atoms with Crippen molar-refractivity contribution >= 4 is 33.6 Å². The van der Waals surface area contributed by atoms with E-state index in [1.54, 1.807) is 41.9 Å². The number of alkyl halides is 3. The maximum absolute atomic E-state index is 13.3. The third kappa shape index (κ3) is 5.25. The van der Waals surface area contributed by atoms with Gasteiger partial charge in [0.05, 0.1) is 36.5 Å². The van der Waals surface area contributed by atoms with Gasteiger partial charge < -0.3 is 15.0 Å². The number of anilines is 1. The second-order valence-electron chi connectivity index (χ2n) is 8.58. The molecule has 0 unspecified atom stereocenters. The topological polar surface area (TPSA) is 76.5 Å². The van der Waals surface area contributed by atoms with Crippen LogP contribution in [-0.2, 0) is 24.0 Å². The van der Waals surface area contributed by atoms with Crippen molar-refractivity contribution in [1.82, 2.24) is 15.1 Å². The molecule has 190 valence electrons. The van der Waals surface area contributed by atoms with Crippen LogP contribution in [0.2, 0.25) is 0 Å². The van der Waals surface area contributed by atoms with Crippen LogP contribution in [0, 0.1) is 6.92 Å². The minimum atomic E-state index is -4.46. The molecule has 0 radical (unpaired) electrons. The molecule has 3 aromatic rings. The van der Waals surface area contributed by atoms with Gasteiger partial charge in [0, 0.05) is 17.6 Å². The van der Waals surface area contributed by atoms with Crippen LogP contribution in [0.1, 0.15) is 56.1 Å². The first-order valence-corrected chi connectivity index (χ1v) is 12.0. The number of nitrogens with one attached hydrogen (secondary N) is 1. The lowest BCUT2D eigenvalue weighted by atomic mass is 10.1. The van der Waals surface area contributed by atoms with E-state index in [0.717, 1.165) is 17.7 Å². The maximum Gasteiger partial charge on any atom is 0.416 e. The summed E-state index contributed by atoms with van der Waals surface area (Å²) in [6.07, 6.45) is -4.46. The van der Waals surface area contributed by atoms with Crippen LogP contribution in [0.3, 0.4) is 0 Å². The van der Waals surface area contributed by atoms with Crippen molar-refractivity contribution in [2.24, 2.45) is 0 Å². The number of aryl methyl sites for hydroxylation is 1. The minimum absolute atomic E-state index is 0.193. The summed E-state index contributed by atoms with van der Waals surface area (Å²) in [4.78, 5) is 26.8. The van der Waals surface area contributed by atoms with Crippen molar-refractivity contribution in [3.63, 3.8) is 0 Å². The van der Waals surface area contributed by atoms with Crippen molar-refractivity contribution in [3.8, 4) is 0 Å². The highest BCUT2D eigenvalue weighted by Gasteiger charge is 2.33. The Balaban J connectivity index is 1.55. The second kappa shape index (κ2) is 9.96. The molecule has 0 aliphatic carbocycles. The number of hydrogen-bond donors (Lipinski definition) is 1. The molecule has 1 amide bonds. The lowest BCUT2D eigenvalue weighted by Crippen LogP contribution is -2.29. The summed E-state index contributed by atoms with van der Waals surface area (Å²) in [5.74, 6) is -0.209. The van der Waals surface area contributed by atoms with Crippen LogP contribution < -0.4 is 10.2 Å². The Morgan fingerprint density at radius 2 is 1.86 bits per heavy atom. The number of benzene rings is 2. The average molecular weight is 565 g/mol. The molecular formula is C25H24BrF3N4O3. The first-order valence-electron chi connectivity index (χ1n) is 11.2. The Labute approximate surface area is 214 Å². The molecule has 36 heavy (non-hydrogen) atoms. The fraction of sp³-hybridized carbons (Fsp3) is 0.320. The van der Waals surface area contributed by atoms with Gasteiger partial charge in [0.1, 0.15) is 11.4 Å². The van der Waals surface area contributed by atoms with E-state index >= 15 is 0 Å². The number of halogens is 4. The standard InChI is InChI=1S/C25H24BrF3N4O3/c1-14(17-4-6-18(7-5-17)24(35)36-3)30-22(34)21-15(2)31-33-9-8-32(23(21)33)13-16-10-19(25(27,28)29)12-20(26)11-16/h4-7,10-12,14H,8-9,13H2,1-3H3,(H,30,34)/t14-/m0/s1. The molecule has 0 fully saturated rings. The summed E-state index contributed by atoms with van der Waals surface area (Å²) < 4.78 is 46.6. The summed E-state index contributed by atoms with van der Waals surface area (Å²) in [6.45, 7) is 4.78. The van der Waals surface area contributed by atoms with Gasteiger partial charge in [0.2, 0.25) is 0 Å². The number of rotatable bonds is 6. The molecule has 1 aromatic heterocycles. The number of hydrogen-bond acceptors (Lipinski definition) is 5. The number of aromatic nitrogens is 2. The summed E-state index contributed by atoms with van der Waals surface area (Å²) in [6, 6.07) is 10.2. The number of fused-ring (bicyclic) bond motifs is 1. The fourth-order valence-corrected chi connectivity index (χ4v) is 4.83. The van der Waals surface area contributed by atoms with Crippen molar-refractivity contribution < 1.29 is 27.5 Å². The molecule has 1 aliphatic rings. The molecule has 0 bridgehead atoms. The van der Waals surface area contributed by atoms with Crippen molar-refractivity contribution in [3.05, 3.63) is 80.4 Å². The Kier molecular flexibility index (Phi) is 7.12. The molecule has 4 rings (SSSR count). The van der Waals surface area contributed by atoms with E-state index in [1.807, 2.05) is 11.8 Å². The highest BCUT2D eigenvalue weighted by atomic mass is 79.9. The maximum atomic E-state index is 13.3. The zero-order chi connectivity index (χ0) is 26.2. The third-order valence-electron chi connectivity index (χ3n) is 6.05. The van der Waals surface area contributed by atoms with Crippen LogP contribution in [0.4, 0.5) is 19.0 Å². The first kappa shape index (κ1) is 25.7. The predicted molar refractivity (Wildman–Crippen MR) is 131 cm³/mol. The number of esters is 1. The summed E-state index contributed by atoms with van der Waals surface area (Å²) in [5, 5.41) is 7.44. The summed E-state index contributed by atoms with van der Waals surface area (Å²) in [7, 11) is 1.31. The van der Waals surface area contributed by atoms with Gasteiger partial charge in [0.25, 0.3) is 5.91 Å². The molecular weight excluding hydrogens is 541 g/mol. The van der Waals surface area contributed by atoms with E-state index in [9.17, 15) is 22.8 Å². The SMILES string of the molecule is COC(=O)c1ccc([C@H](C)NC(=O)c2c(C)nn3c2N(Cc2cc(Br)cc(C(F)(F)F)c2)CC3)cc1. The highest BCUT2D eigenvalue weighted by Crippen LogP contribution is 2.34. The monoisotopic (exact) mass is 564 g/mol. The minimum Gasteiger partial charge on any atom is -0.465 e. The molecule has 0 saturated carbocycles. The fourth-order valence-electron chi connectivity index (χ4n) is 4.29. The van der Waals surface area contributed by atoms with E-state index in [2.05, 4.69) is 26.3 Å². The molecule has 0 spiro atoms. The second-order valence-corrected chi connectivity index (χ2v) is 9.50. The summed E-state index contributed by atoms with van der Waals surface area (Å²) >= 11 is 3.17. The van der Waals surface area contributed by atoms with Crippen molar-refractivity contribution in [2.75, 3.05) is 18.6 Å². The van der Waals surface area contributed by atoms with Crippen LogP contribution in [0.25, 0.3) is 0 Å². The van der Waals surface area contributed by atoms with Gasteiger partial charge in [-0.1, -0.05) is 28.1 Å². The smallest absolute Gasteiger partial charge is 0.416 e. The van der Waals surface area contributed by atoms with E-state index < -0.39 is 17.7 Å². The Morgan fingerprint density at radius 1 is 1.17 bits per heavy atom. The molecule has 1 N–H and O–H groups in total. The molecule has 7 nitrogen and oxygen atoms in total. The quantitative estimate of drug-likeness (QED) is 0.413. The number of methoxy groups -OCH3 is 1. The highest BCUT2D eigenvalue weighted by molar-refractivity contribution is 9.10. The normalized spacial score (nSPS) is 13.9. The molecule has 2 heterocycles. The van der Waals surface area contributed by atoms with Gasteiger partial charge in [-0.2, -0.15) is 18.3 Å². The molecule has 0 saturated heterocycles. The number of amides is 1.